The van der Waals surface area contributed by atoms with Crippen LogP contribution in [-0.2, 0) is 16.6 Å². The highest BCUT2D eigenvalue weighted by Gasteiger charge is 2.24. The van der Waals surface area contributed by atoms with Gasteiger partial charge >= 0.3 is 0 Å². The van der Waals surface area contributed by atoms with E-state index >= 15 is 0 Å². The van der Waals surface area contributed by atoms with Crippen LogP contribution in [0.2, 0.25) is 0 Å². The van der Waals surface area contributed by atoms with Crippen LogP contribution in [0.3, 0.4) is 0 Å². The summed E-state index contributed by atoms with van der Waals surface area (Å²) in [5.74, 6) is -0.579. The average Bonchev–Trinajstić information content (AvgIpc) is 3.14. The Kier molecular flexibility index (Phi) is 3.92. The molecule has 5 nitrogen and oxygen atoms in total. The summed E-state index contributed by atoms with van der Waals surface area (Å²) < 4.78 is 40.6. The standard InChI is InChI=1S/C13H14FN3O2S2/c14-10-2-1-9(8-16-11-3-4-11)12(7-10)21(18,19)17-13-15-5-6-20-13/h1-2,5-7,11,16H,3-4,8H2,(H,15,17). The largest absolute Gasteiger partial charge is 0.310 e. The van der Waals surface area contributed by atoms with E-state index in [9.17, 15) is 12.8 Å². The zero-order valence-corrected chi connectivity index (χ0v) is 12.7. The van der Waals surface area contributed by atoms with Crippen LogP contribution < -0.4 is 10.0 Å². The van der Waals surface area contributed by atoms with Crippen molar-refractivity contribution in [2.45, 2.75) is 30.3 Å². The van der Waals surface area contributed by atoms with Crippen LogP contribution in [0.5, 0.6) is 0 Å². The molecule has 0 amide bonds. The van der Waals surface area contributed by atoms with Crippen molar-refractivity contribution in [3.05, 3.63) is 41.2 Å². The second-order valence-corrected chi connectivity index (χ2v) is 7.40. The van der Waals surface area contributed by atoms with E-state index in [1.807, 2.05) is 0 Å². The Morgan fingerprint density at radius 3 is 2.86 bits per heavy atom. The Balaban J connectivity index is 1.88. The lowest BCUT2D eigenvalue weighted by Gasteiger charge is -2.11. The fourth-order valence-electron chi connectivity index (χ4n) is 1.91. The van der Waals surface area contributed by atoms with Gasteiger partial charge in [0.15, 0.2) is 5.13 Å². The summed E-state index contributed by atoms with van der Waals surface area (Å²) in [6, 6.07) is 4.25. The number of thiazole rings is 1. The maximum atomic E-state index is 13.4. The molecule has 112 valence electrons. The van der Waals surface area contributed by atoms with Gasteiger partial charge in [0.1, 0.15) is 5.82 Å². The van der Waals surface area contributed by atoms with Crippen molar-refractivity contribution in [3.63, 3.8) is 0 Å². The van der Waals surface area contributed by atoms with E-state index in [1.54, 1.807) is 5.38 Å². The number of halogens is 1. The van der Waals surface area contributed by atoms with Crippen molar-refractivity contribution in [2.75, 3.05) is 4.72 Å². The van der Waals surface area contributed by atoms with Crippen molar-refractivity contribution < 1.29 is 12.8 Å². The summed E-state index contributed by atoms with van der Waals surface area (Å²) in [6.45, 7) is 0.402. The minimum atomic E-state index is -3.85. The fourth-order valence-corrected chi connectivity index (χ4v) is 3.95. The Morgan fingerprint density at radius 2 is 2.19 bits per heavy atom. The molecule has 1 fully saturated rings. The first kappa shape index (κ1) is 14.4. The Labute approximate surface area is 126 Å². The van der Waals surface area contributed by atoms with Crippen molar-refractivity contribution in [1.82, 2.24) is 10.3 Å². The van der Waals surface area contributed by atoms with Crippen LogP contribution in [0.1, 0.15) is 18.4 Å². The molecule has 1 aromatic carbocycles. The molecule has 1 aliphatic rings. The van der Waals surface area contributed by atoms with Crippen molar-refractivity contribution in [3.8, 4) is 0 Å². The number of rotatable bonds is 6. The molecule has 0 aliphatic heterocycles. The maximum Gasteiger partial charge on any atom is 0.264 e. The molecule has 2 aromatic rings. The number of sulfonamides is 1. The van der Waals surface area contributed by atoms with Gasteiger partial charge < -0.3 is 5.32 Å². The van der Waals surface area contributed by atoms with Gasteiger partial charge in [0.2, 0.25) is 0 Å². The van der Waals surface area contributed by atoms with Gasteiger partial charge in [-0.3, -0.25) is 4.72 Å². The van der Waals surface area contributed by atoms with Gasteiger partial charge in [-0.2, -0.15) is 0 Å². The van der Waals surface area contributed by atoms with Gasteiger partial charge in [-0.25, -0.2) is 17.8 Å². The van der Waals surface area contributed by atoms with Crippen LogP contribution >= 0.6 is 11.3 Å². The minimum absolute atomic E-state index is 0.0501. The number of nitrogens with one attached hydrogen (secondary N) is 2. The summed E-state index contributed by atoms with van der Waals surface area (Å²) in [6.07, 6.45) is 3.70. The molecule has 0 bridgehead atoms. The molecular formula is C13H14FN3O2S2. The van der Waals surface area contributed by atoms with E-state index in [4.69, 9.17) is 0 Å². The molecule has 1 saturated carbocycles. The van der Waals surface area contributed by atoms with E-state index in [0.29, 0.717) is 18.2 Å². The predicted molar refractivity (Wildman–Crippen MR) is 79.2 cm³/mol. The lowest BCUT2D eigenvalue weighted by atomic mass is 10.2. The molecular weight excluding hydrogens is 313 g/mol. The molecule has 0 atom stereocenters. The maximum absolute atomic E-state index is 13.4. The van der Waals surface area contributed by atoms with Gasteiger partial charge in [0, 0.05) is 24.2 Å². The third kappa shape index (κ3) is 3.58. The van der Waals surface area contributed by atoms with Crippen molar-refractivity contribution >= 4 is 26.5 Å². The molecule has 0 spiro atoms. The monoisotopic (exact) mass is 327 g/mol. The topological polar surface area (TPSA) is 71.1 Å². The Morgan fingerprint density at radius 1 is 1.38 bits per heavy atom. The van der Waals surface area contributed by atoms with Gasteiger partial charge in [0.05, 0.1) is 4.90 Å². The zero-order chi connectivity index (χ0) is 14.9. The SMILES string of the molecule is O=S(=O)(Nc1nccs1)c1cc(F)ccc1CNC1CC1. The van der Waals surface area contributed by atoms with Gasteiger partial charge in [0.25, 0.3) is 10.0 Å². The van der Waals surface area contributed by atoms with E-state index < -0.39 is 15.8 Å². The van der Waals surface area contributed by atoms with Crippen LogP contribution in [0, 0.1) is 5.82 Å². The van der Waals surface area contributed by atoms with Crippen LogP contribution in [0.25, 0.3) is 0 Å². The summed E-state index contributed by atoms with van der Waals surface area (Å²) in [5, 5.41) is 5.17. The summed E-state index contributed by atoms with van der Waals surface area (Å²) in [7, 11) is -3.85. The van der Waals surface area contributed by atoms with Crippen LogP contribution in [-0.4, -0.2) is 19.4 Å². The second-order valence-electron chi connectivity index (χ2n) is 4.85. The quantitative estimate of drug-likeness (QED) is 0.854. The summed E-state index contributed by atoms with van der Waals surface area (Å²) in [5.41, 5.74) is 0.548. The second kappa shape index (κ2) is 5.70. The number of nitrogens with zero attached hydrogens (tertiary/aromatic N) is 1. The lowest BCUT2D eigenvalue weighted by Crippen LogP contribution is -2.20. The molecule has 1 heterocycles. The van der Waals surface area contributed by atoms with E-state index in [0.717, 1.165) is 18.9 Å². The number of hydrogen-bond acceptors (Lipinski definition) is 5. The van der Waals surface area contributed by atoms with E-state index in [2.05, 4.69) is 15.0 Å². The Hall–Kier alpha value is -1.51. The summed E-state index contributed by atoms with van der Waals surface area (Å²) in [4.78, 5) is 3.83. The first-order valence-electron chi connectivity index (χ1n) is 6.49. The predicted octanol–water partition coefficient (Wildman–Crippen LogP) is 2.33. The number of hydrogen-bond donors (Lipinski definition) is 2. The minimum Gasteiger partial charge on any atom is -0.310 e. The molecule has 1 aliphatic carbocycles. The fraction of sp³-hybridized carbons (Fsp3) is 0.308. The van der Waals surface area contributed by atoms with Crippen LogP contribution in [0.15, 0.2) is 34.7 Å². The third-order valence-corrected chi connectivity index (χ3v) is 5.37. The lowest BCUT2D eigenvalue weighted by molar-refractivity contribution is 0.589. The average molecular weight is 327 g/mol. The molecule has 2 N–H and O–H groups in total. The van der Waals surface area contributed by atoms with Crippen molar-refractivity contribution in [1.29, 1.82) is 0 Å². The van der Waals surface area contributed by atoms with Crippen LogP contribution in [0.4, 0.5) is 9.52 Å². The first-order chi connectivity index (χ1) is 10.0. The normalized spacial score (nSPS) is 15.1. The number of benzene rings is 1. The number of aromatic nitrogens is 1. The molecule has 1 aromatic heterocycles. The van der Waals surface area contributed by atoms with Gasteiger partial charge in [-0.1, -0.05) is 6.07 Å². The highest BCUT2D eigenvalue weighted by atomic mass is 32.2. The third-order valence-electron chi connectivity index (χ3n) is 3.13. The first-order valence-corrected chi connectivity index (χ1v) is 8.85. The summed E-state index contributed by atoms with van der Waals surface area (Å²) >= 11 is 1.17. The van der Waals surface area contributed by atoms with Gasteiger partial charge in [-0.15, -0.1) is 11.3 Å². The van der Waals surface area contributed by atoms with Crippen molar-refractivity contribution in [2.24, 2.45) is 0 Å². The molecule has 0 unspecified atom stereocenters. The molecule has 21 heavy (non-hydrogen) atoms. The highest BCUT2D eigenvalue weighted by Crippen LogP contribution is 2.24. The molecule has 8 heteroatoms. The van der Waals surface area contributed by atoms with E-state index in [-0.39, 0.29) is 10.0 Å². The van der Waals surface area contributed by atoms with E-state index in [1.165, 1.54) is 29.7 Å². The molecule has 3 rings (SSSR count). The zero-order valence-electron chi connectivity index (χ0n) is 11.0. The molecule has 0 radical (unpaired) electrons. The number of anilines is 1. The smallest absolute Gasteiger partial charge is 0.264 e. The highest BCUT2D eigenvalue weighted by molar-refractivity contribution is 7.93. The molecule has 0 saturated heterocycles. The Bertz CT molecular complexity index is 728. The van der Waals surface area contributed by atoms with Gasteiger partial charge in [-0.05, 0) is 30.5 Å².